The average Bonchev–Trinajstić information content (AvgIpc) is 2.06. The van der Waals surface area contributed by atoms with E-state index in [4.69, 9.17) is 5.26 Å². The number of rotatable bonds is 2. The Hall–Kier alpha value is -0.434. The Morgan fingerprint density at radius 3 is 2.83 bits per heavy atom. The molecule has 0 bridgehead atoms. The summed E-state index contributed by atoms with van der Waals surface area (Å²) in [5, 5.41) is 8.56. The fraction of sp³-hybridized carbons (Fsp3) is 0.111. The second-order valence-corrected chi connectivity index (χ2v) is 3.16. The van der Waals surface area contributed by atoms with Crippen molar-refractivity contribution in [2.75, 3.05) is 5.75 Å². The third kappa shape index (κ3) is 3.31. The molecule has 12 heavy (non-hydrogen) atoms. The molecule has 0 aliphatic heterocycles. The van der Waals surface area contributed by atoms with Crippen molar-refractivity contribution in [3.05, 3.63) is 36.8 Å². The smallest absolute Gasteiger partial charge is 0.0992 e. The molecular formula is C9H8CoNS-. The molecule has 0 aliphatic carbocycles. The quantitative estimate of drug-likeness (QED) is 0.565. The molecule has 1 nitrogen and oxygen atoms in total. The molecular weight excluding hydrogens is 213 g/mol. The van der Waals surface area contributed by atoms with Gasteiger partial charge in [0.1, 0.15) is 0 Å². The first-order chi connectivity index (χ1) is 5.36. The first kappa shape index (κ1) is 11.6. The second-order valence-electron chi connectivity index (χ2n) is 1.99. The first-order valence-electron chi connectivity index (χ1n) is 3.29. The van der Waals surface area contributed by atoms with Crippen molar-refractivity contribution in [1.29, 1.82) is 5.26 Å². The van der Waals surface area contributed by atoms with E-state index in [1.807, 2.05) is 18.2 Å². The second kappa shape index (κ2) is 6.12. The summed E-state index contributed by atoms with van der Waals surface area (Å²) < 4.78 is 0. The van der Waals surface area contributed by atoms with Crippen LogP contribution in [0.25, 0.3) is 0 Å². The summed E-state index contributed by atoms with van der Waals surface area (Å²) >= 11 is 1.64. The number of hydrogen-bond donors (Lipinski definition) is 0. The SMILES string of the molecule is [CH2-]CSc1cccc(C#N)c1.[Co]. The van der Waals surface area contributed by atoms with E-state index in [9.17, 15) is 0 Å². The molecule has 1 aromatic rings. The van der Waals surface area contributed by atoms with Crippen LogP contribution in [0.1, 0.15) is 5.56 Å². The maximum absolute atomic E-state index is 8.56. The molecule has 1 rings (SSSR count). The van der Waals surface area contributed by atoms with Crippen molar-refractivity contribution in [3.63, 3.8) is 0 Å². The molecule has 0 aromatic heterocycles. The minimum Gasteiger partial charge on any atom is -0.333 e. The molecule has 0 aliphatic rings. The average molecular weight is 221 g/mol. The van der Waals surface area contributed by atoms with Gasteiger partial charge in [0.2, 0.25) is 0 Å². The van der Waals surface area contributed by atoms with Gasteiger partial charge < -0.3 is 6.92 Å². The van der Waals surface area contributed by atoms with Crippen molar-refractivity contribution >= 4 is 11.8 Å². The number of benzene rings is 1. The molecule has 0 atom stereocenters. The van der Waals surface area contributed by atoms with Crippen LogP contribution in [0, 0.1) is 18.3 Å². The van der Waals surface area contributed by atoms with Gasteiger partial charge in [-0.1, -0.05) is 6.07 Å². The third-order valence-corrected chi connectivity index (χ3v) is 2.02. The van der Waals surface area contributed by atoms with Crippen LogP contribution in [0.4, 0.5) is 0 Å². The summed E-state index contributed by atoms with van der Waals surface area (Å²) in [6, 6.07) is 9.63. The van der Waals surface area contributed by atoms with Crippen molar-refractivity contribution in [3.8, 4) is 6.07 Å². The molecule has 1 aromatic carbocycles. The van der Waals surface area contributed by atoms with Gasteiger partial charge >= 0.3 is 0 Å². The molecule has 0 amide bonds. The van der Waals surface area contributed by atoms with Crippen LogP contribution in [-0.4, -0.2) is 5.75 Å². The summed E-state index contributed by atoms with van der Waals surface area (Å²) in [7, 11) is 0. The molecule has 0 fully saturated rings. The van der Waals surface area contributed by atoms with Crippen molar-refractivity contribution < 1.29 is 16.8 Å². The van der Waals surface area contributed by atoms with Gasteiger partial charge in [-0.15, -0.1) is 5.75 Å². The van der Waals surface area contributed by atoms with Gasteiger partial charge in [0.25, 0.3) is 0 Å². The van der Waals surface area contributed by atoms with Gasteiger partial charge in [0.15, 0.2) is 0 Å². The van der Waals surface area contributed by atoms with E-state index in [1.54, 1.807) is 17.8 Å². The Kier molecular flexibility index (Phi) is 5.90. The van der Waals surface area contributed by atoms with E-state index in [0.29, 0.717) is 5.56 Å². The Bertz CT molecular complexity index is 280. The van der Waals surface area contributed by atoms with Crippen LogP contribution in [0.5, 0.6) is 0 Å². The van der Waals surface area contributed by atoms with E-state index in [1.165, 1.54) is 0 Å². The molecule has 0 saturated heterocycles. The standard InChI is InChI=1S/C9H8NS.Co/c1-2-11-9-5-3-4-8(6-9)7-10;/h3-6H,1-2H2;/q-1;. The number of nitriles is 1. The number of hydrogen-bond acceptors (Lipinski definition) is 2. The fourth-order valence-corrected chi connectivity index (χ4v) is 1.39. The number of nitrogens with zero attached hydrogens (tertiary/aromatic N) is 1. The minimum atomic E-state index is 0. The molecule has 0 N–H and O–H groups in total. The Morgan fingerprint density at radius 2 is 2.25 bits per heavy atom. The van der Waals surface area contributed by atoms with Gasteiger partial charge in [-0.3, -0.25) is 0 Å². The molecule has 1 radical (unpaired) electrons. The minimum absolute atomic E-state index is 0. The van der Waals surface area contributed by atoms with Crippen LogP contribution in [0.15, 0.2) is 29.2 Å². The van der Waals surface area contributed by atoms with Gasteiger partial charge in [0, 0.05) is 21.7 Å². The van der Waals surface area contributed by atoms with E-state index in [-0.39, 0.29) is 16.8 Å². The topological polar surface area (TPSA) is 23.8 Å². The monoisotopic (exact) mass is 221 g/mol. The molecule has 65 valence electrons. The van der Waals surface area contributed by atoms with E-state index in [0.717, 1.165) is 10.6 Å². The zero-order valence-corrected chi connectivity index (χ0v) is 8.27. The van der Waals surface area contributed by atoms with Gasteiger partial charge in [-0.25, -0.2) is 0 Å². The van der Waals surface area contributed by atoms with Crippen molar-refractivity contribution in [2.45, 2.75) is 4.90 Å². The van der Waals surface area contributed by atoms with E-state index in [2.05, 4.69) is 13.0 Å². The Morgan fingerprint density at radius 1 is 1.50 bits per heavy atom. The van der Waals surface area contributed by atoms with E-state index >= 15 is 0 Å². The van der Waals surface area contributed by atoms with Crippen LogP contribution in [0.3, 0.4) is 0 Å². The molecule has 0 heterocycles. The molecule has 0 spiro atoms. The summed E-state index contributed by atoms with van der Waals surface area (Å²) in [6.45, 7) is 3.72. The van der Waals surface area contributed by atoms with E-state index < -0.39 is 0 Å². The predicted molar refractivity (Wildman–Crippen MR) is 47.2 cm³/mol. The maximum atomic E-state index is 8.56. The summed E-state index contributed by atoms with van der Waals surface area (Å²) in [5.41, 5.74) is 0.712. The van der Waals surface area contributed by atoms with Crippen LogP contribution < -0.4 is 0 Å². The molecule has 0 saturated carbocycles. The first-order valence-corrected chi connectivity index (χ1v) is 4.27. The zero-order chi connectivity index (χ0) is 8.10. The third-order valence-electron chi connectivity index (χ3n) is 1.23. The van der Waals surface area contributed by atoms with Crippen LogP contribution in [0.2, 0.25) is 0 Å². The summed E-state index contributed by atoms with van der Waals surface area (Å²) in [5.74, 6) is 0.800. The zero-order valence-electron chi connectivity index (χ0n) is 6.41. The largest absolute Gasteiger partial charge is 0.333 e. The summed E-state index contributed by atoms with van der Waals surface area (Å²) in [4.78, 5) is 1.11. The van der Waals surface area contributed by atoms with Crippen LogP contribution in [-0.2, 0) is 16.8 Å². The Labute approximate surface area is 87.4 Å². The predicted octanol–water partition coefficient (Wildman–Crippen LogP) is 2.48. The maximum Gasteiger partial charge on any atom is 0.0992 e. The number of thioether (sulfide) groups is 1. The van der Waals surface area contributed by atoms with Crippen molar-refractivity contribution in [2.24, 2.45) is 0 Å². The fourth-order valence-electron chi connectivity index (χ4n) is 0.773. The van der Waals surface area contributed by atoms with Crippen molar-refractivity contribution in [1.82, 2.24) is 0 Å². The molecule has 0 unspecified atom stereocenters. The van der Waals surface area contributed by atoms with Crippen LogP contribution >= 0.6 is 11.8 Å². The van der Waals surface area contributed by atoms with Gasteiger partial charge in [0.05, 0.1) is 11.6 Å². The Balaban J connectivity index is 0.00000121. The normalized spacial score (nSPS) is 8.33. The molecule has 3 heteroatoms. The van der Waals surface area contributed by atoms with Gasteiger partial charge in [-0.2, -0.15) is 17.0 Å². The summed E-state index contributed by atoms with van der Waals surface area (Å²) in [6.07, 6.45) is 0. The van der Waals surface area contributed by atoms with Gasteiger partial charge in [-0.05, 0) is 18.2 Å².